The molecule has 2 aromatic heterocycles. The van der Waals surface area contributed by atoms with Gasteiger partial charge in [0.15, 0.2) is 0 Å². The van der Waals surface area contributed by atoms with Gasteiger partial charge in [-0.3, -0.25) is 9.67 Å². The molecule has 0 radical (unpaired) electrons. The van der Waals surface area contributed by atoms with Gasteiger partial charge in [0.05, 0.1) is 35.1 Å². The Kier molecular flexibility index (Phi) is 5.57. The first kappa shape index (κ1) is 19.1. The predicted octanol–water partition coefficient (Wildman–Crippen LogP) is 2.67. The zero-order valence-electron chi connectivity index (χ0n) is 15.5. The summed E-state index contributed by atoms with van der Waals surface area (Å²) in [6, 6.07) is 12.3. The number of pyridine rings is 1. The van der Waals surface area contributed by atoms with Crippen LogP contribution in [-0.2, 0) is 23.6 Å². The van der Waals surface area contributed by atoms with Crippen LogP contribution in [0.3, 0.4) is 0 Å². The molecule has 0 saturated carbocycles. The highest BCUT2D eigenvalue weighted by molar-refractivity contribution is 7.89. The minimum absolute atomic E-state index is 0.0925. The monoisotopic (exact) mass is 386 g/mol. The summed E-state index contributed by atoms with van der Waals surface area (Å²) < 4.78 is 34.9. The van der Waals surface area contributed by atoms with Gasteiger partial charge >= 0.3 is 0 Å². The van der Waals surface area contributed by atoms with E-state index in [-0.39, 0.29) is 11.4 Å². The summed E-state index contributed by atoms with van der Waals surface area (Å²) >= 11 is 0. The molecule has 27 heavy (non-hydrogen) atoms. The molecule has 0 aliphatic rings. The second-order valence-corrected chi connectivity index (χ2v) is 7.81. The summed E-state index contributed by atoms with van der Waals surface area (Å²) in [6.45, 7) is 4.33. The lowest BCUT2D eigenvalue weighted by Crippen LogP contribution is -2.23. The Morgan fingerprint density at radius 1 is 1.19 bits per heavy atom. The van der Waals surface area contributed by atoms with Crippen molar-refractivity contribution in [2.24, 2.45) is 7.05 Å². The zero-order chi connectivity index (χ0) is 19.4. The maximum Gasteiger partial charge on any atom is 0.240 e. The molecule has 0 aliphatic heterocycles. The summed E-state index contributed by atoms with van der Waals surface area (Å²) in [4.78, 5) is 4.50. The second-order valence-electron chi connectivity index (χ2n) is 6.04. The number of ether oxygens (including phenoxy) is 1. The molecule has 0 bridgehead atoms. The minimum Gasteiger partial charge on any atom is -0.494 e. The molecular formula is C19H22N4O3S. The lowest BCUT2D eigenvalue weighted by Gasteiger charge is -2.10. The Morgan fingerprint density at radius 2 is 2.00 bits per heavy atom. The van der Waals surface area contributed by atoms with Crippen LogP contribution in [0.2, 0.25) is 0 Å². The molecule has 7 nitrogen and oxygen atoms in total. The van der Waals surface area contributed by atoms with Crippen LogP contribution < -0.4 is 9.46 Å². The summed E-state index contributed by atoms with van der Waals surface area (Å²) in [5.74, 6) is 0.682. The number of benzene rings is 1. The van der Waals surface area contributed by atoms with E-state index < -0.39 is 10.0 Å². The number of aryl methyl sites for hydroxylation is 2. The van der Waals surface area contributed by atoms with Crippen LogP contribution in [-0.4, -0.2) is 29.8 Å². The Hall–Kier alpha value is -2.71. The Balaban J connectivity index is 1.75. The summed E-state index contributed by atoms with van der Waals surface area (Å²) in [7, 11) is -1.85. The van der Waals surface area contributed by atoms with E-state index in [0.29, 0.717) is 18.1 Å². The molecule has 142 valence electrons. The SMILES string of the molecule is CCOc1ccc(S(=O)(=O)NCc2cc(-c3ccccn3)n(C)n2)cc1C. The molecule has 3 rings (SSSR count). The van der Waals surface area contributed by atoms with Crippen molar-refractivity contribution in [1.82, 2.24) is 19.5 Å². The van der Waals surface area contributed by atoms with Gasteiger partial charge in [0.2, 0.25) is 10.0 Å². The number of rotatable bonds is 7. The second kappa shape index (κ2) is 7.89. The van der Waals surface area contributed by atoms with Crippen LogP contribution in [0.1, 0.15) is 18.2 Å². The fourth-order valence-electron chi connectivity index (χ4n) is 2.73. The summed E-state index contributed by atoms with van der Waals surface area (Å²) in [6.07, 6.45) is 1.71. The molecule has 8 heteroatoms. The van der Waals surface area contributed by atoms with Crippen LogP contribution in [0.4, 0.5) is 0 Å². The highest BCUT2D eigenvalue weighted by Crippen LogP contribution is 2.22. The molecule has 2 heterocycles. The largest absolute Gasteiger partial charge is 0.494 e. The summed E-state index contributed by atoms with van der Waals surface area (Å²) in [5.41, 5.74) is 2.99. The molecule has 3 aromatic rings. The molecule has 1 N–H and O–H groups in total. The third kappa shape index (κ3) is 4.35. The van der Waals surface area contributed by atoms with E-state index in [1.165, 1.54) is 6.07 Å². The van der Waals surface area contributed by atoms with Gasteiger partial charge in [-0.25, -0.2) is 13.1 Å². The van der Waals surface area contributed by atoms with Gasteiger partial charge in [0.25, 0.3) is 0 Å². The maximum absolute atomic E-state index is 12.6. The van der Waals surface area contributed by atoms with Gasteiger partial charge in [-0.15, -0.1) is 0 Å². The van der Waals surface area contributed by atoms with Gasteiger partial charge in [0.1, 0.15) is 5.75 Å². The molecule has 0 aliphatic carbocycles. The third-order valence-electron chi connectivity index (χ3n) is 4.06. The van der Waals surface area contributed by atoms with Crippen molar-refractivity contribution in [2.45, 2.75) is 25.3 Å². The molecule has 0 spiro atoms. The molecule has 0 atom stereocenters. The van der Waals surface area contributed by atoms with Crippen molar-refractivity contribution in [1.29, 1.82) is 0 Å². The first-order valence-electron chi connectivity index (χ1n) is 8.58. The average molecular weight is 386 g/mol. The van der Waals surface area contributed by atoms with E-state index in [1.54, 1.807) is 30.1 Å². The molecule has 0 fully saturated rings. The number of nitrogens with zero attached hydrogens (tertiary/aromatic N) is 3. The van der Waals surface area contributed by atoms with E-state index in [1.807, 2.05) is 38.1 Å². The average Bonchev–Trinajstić information content (AvgIpc) is 3.03. The molecular weight excluding hydrogens is 364 g/mol. The van der Waals surface area contributed by atoms with Crippen molar-refractivity contribution in [3.05, 3.63) is 59.9 Å². The first-order valence-corrected chi connectivity index (χ1v) is 10.1. The number of sulfonamides is 1. The van der Waals surface area contributed by atoms with Gasteiger partial charge in [0, 0.05) is 13.2 Å². The lowest BCUT2D eigenvalue weighted by atomic mass is 10.2. The zero-order valence-corrected chi connectivity index (χ0v) is 16.3. The highest BCUT2D eigenvalue weighted by Gasteiger charge is 2.17. The first-order chi connectivity index (χ1) is 12.9. The van der Waals surface area contributed by atoms with Gasteiger partial charge in [-0.05, 0) is 55.8 Å². The van der Waals surface area contributed by atoms with E-state index in [0.717, 1.165) is 17.0 Å². The van der Waals surface area contributed by atoms with Crippen molar-refractivity contribution >= 4 is 10.0 Å². The van der Waals surface area contributed by atoms with E-state index in [2.05, 4.69) is 14.8 Å². The number of hydrogen-bond acceptors (Lipinski definition) is 5. The number of aromatic nitrogens is 3. The van der Waals surface area contributed by atoms with Crippen LogP contribution in [0.25, 0.3) is 11.4 Å². The highest BCUT2D eigenvalue weighted by atomic mass is 32.2. The molecule has 0 unspecified atom stereocenters. The van der Waals surface area contributed by atoms with Gasteiger partial charge in [-0.2, -0.15) is 5.10 Å². The van der Waals surface area contributed by atoms with Crippen molar-refractivity contribution in [2.75, 3.05) is 6.61 Å². The normalized spacial score (nSPS) is 11.5. The fourth-order valence-corrected chi connectivity index (χ4v) is 3.81. The van der Waals surface area contributed by atoms with E-state index >= 15 is 0 Å². The number of hydrogen-bond donors (Lipinski definition) is 1. The van der Waals surface area contributed by atoms with Gasteiger partial charge < -0.3 is 4.74 Å². The van der Waals surface area contributed by atoms with E-state index in [9.17, 15) is 8.42 Å². The standard InChI is InChI=1S/C19H22N4O3S/c1-4-26-19-9-8-16(11-14(19)2)27(24,25)21-13-15-12-18(23(3)22-15)17-7-5-6-10-20-17/h5-12,21H,4,13H2,1-3H3. The Labute approximate surface area is 159 Å². The molecule has 0 saturated heterocycles. The van der Waals surface area contributed by atoms with Crippen molar-refractivity contribution in [3.63, 3.8) is 0 Å². The van der Waals surface area contributed by atoms with Crippen LogP contribution in [0.5, 0.6) is 5.75 Å². The minimum atomic E-state index is -3.65. The van der Waals surface area contributed by atoms with Gasteiger partial charge in [-0.1, -0.05) is 6.07 Å². The van der Waals surface area contributed by atoms with Crippen molar-refractivity contribution < 1.29 is 13.2 Å². The molecule has 0 amide bonds. The topological polar surface area (TPSA) is 86.1 Å². The van der Waals surface area contributed by atoms with Crippen LogP contribution >= 0.6 is 0 Å². The fraction of sp³-hybridized carbons (Fsp3) is 0.263. The smallest absolute Gasteiger partial charge is 0.240 e. The predicted molar refractivity (Wildman–Crippen MR) is 103 cm³/mol. The summed E-state index contributed by atoms with van der Waals surface area (Å²) in [5, 5.41) is 4.37. The Bertz CT molecular complexity index is 1030. The van der Waals surface area contributed by atoms with Crippen LogP contribution in [0.15, 0.2) is 53.6 Å². The molecule has 1 aromatic carbocycles. The lowest BCUT2D eigenvalue weighted by molar-refractivity contribution is 0.337. The van der Waals surface area contributed by atoms with Crippen LogP contribution in [0, 0.1) is 6.92 Å². The van der Waals surface area contributed by atoms with Crippen molar-refractivity contribution in [3.8, 4) is 17.1 Å². The number of nitrogens with one attached hydrogen (secondary N) is 1. The quantitative estimate of drug-likeness (QED) is 0.675. The maximum atomic E-state index is 12.6. The van der Waals surface area contributed by atoms with E-state index in [4.69, 9.17) is 4.74 Å². The Morgan fingerprint density at radius 3 is 2.67 bits per heavy atom. The third-order valence-corrected chi connectivity index (χ3v) is 5.46.